The minimum absolute atomic E-state index is 0.146. The summed E-state index contributed by atoms with van der Waals surface area (Å²) in [6.45, 7) is 1.45. The normalized spacial score (nSPS) is 40.4. The van der Waals surface area contributed by atoms with Crippen LogP contribution in [0.25, 0.3) is 0 Å². The first-order valence-electron chi connectivity index (χ1n) is 7.73. The van der Waals surface area contributed by atoms with Crippen molar-refractivity contribution in [3.63, 3.8) is 0 Å². The molecule has 3 aliphatic rings. The largest absolute Gasteiger partial charge is 0.341 e. The third kappa shape index (κ3) is 2.60. The van der Waals surface area contributed by atoms with Gasteiger partial charge in [-0.1, -0.05) is 6.42 Å². The monoisotopic (exact) mass is 300 g/mol. The topological polar surface area (TPSA) is 80.5 Å². The molecule has 114 valence electrons. The number of hydrogen-bond donors (Lipinski definition) is 1. The number of likely N-dealkylation sites (tertiary alicyclic amines) is 1. The van der Waals surface area contributed by atoms with E-state index in [1.165, 1.54) is 0 Å². The Morgan fingerprint density at radius 2 is 1.80 bits per heavy atom. The highest BCUT2D eigenvalue weighted by Gasteiger charge is 2.43. The molecule has 3 fully saturated rings. The van der Waals surface area contributed by atoms with Crippen LogP contribution in [0, 0.1) is 11.8 Å². The molecular formula is C14H24N2O3S. The SMILES string of the molecule is NC1CC[C@@H]2CN(C(=O)C3CCCCS3(=O)=O)C[C@@H]2C1. The van der Waals surface area contributed by atoms with Crippen molar-refractivity contribution in [2.75, 3.05) is 18.8 Å². The summed E-state index contributed by atoms with van der Waals surface area (Å²) in [6, 6.07) is 0.254. The third-order valence-electron chi connectivity index (χ3n) is 5.26. The molecule has 2 saturated heterocycles. The van der Waals surface area contributed by atoms with E-state index in [0.717, 1.165) is 32.2 Å². The fraction of sp³-hybridized carbons (Fsp3) is 0.929. The Balaban J connectivity index is 1.69. The Bertz CT molecular complexity index is 491. The highest BCUT2D eigenvalue weighted by Crippen LogP contribution is 2.36. The first kappa shape index (κ1) is 14.3. The Kier molecular flexibility index (Phi) is 3.79. The summed E-state index contributed by atoms with van der Waals surface area (Å²) in [5.41, 5.74) is 6.00. The molecule has 6 heteroatoms. The average molecular weight is 300 g/mol. The van der Waals surface area contributed by atoms with Gasteiger partial charge in [-0.15, -0.1) is 0 Å². The van der Waals surface area contributed by atoms with E-state index in [9.17, 15) is 13.2 Å². The third-order valence-corrected chi connectivity index (χ3v) is 7.42. The van der Waals surface area contributed by atoms with Gasteiger partial charge >= 0.3 is 0 Å². The summed E-state index contributed by atoms with van der Waals surface area (Å²) in [5.74, 6) is 1.04. The van der Waals surface area contributed by atoms with Crippen LogP contribution in [0.5, 0.6) is 0 Å². The van der Waals surface area contributed by atoms with Gasteiger partial charge in [-0.3, -0.25) is 4.79 Å². The van der Waals surface area contributed by atoms with Gasteiger partial charge < -0.3 is 10.6 Å². The summed E-state index contributed by atoms with van der Waals surface area (Å²) >= 11 is 0. The van der Waals surface area contributed by atoms with Crippen LogP contribution in [0.4, 0.5) is 0 Å². The molecule has 0 aromatic rings. The standard InChI is InChI=1S/C14H24N2O3S/c15-12-5-4-10-8-16(9-11(10)7-12)14(17)13-3-1-2-6-20(13,18)19/h10-13H,1-9,15H2/t10-,11+,12?,13?/m1/s1. The van der Waals surface area contributed by atoms with Crippen molar-refractivity contribution in [3.8, 4) is 0 Å². The molecule has 2 N–H and O–H groups in total. The van der Waals surface area contributed by atoms with E-state index < -0.39 is 15.1 Å². The lowest BCUT2D eigenvalue weighted by Gasteiger charge is -2.27. The zero-order valence-corrected chi connectivity index (χ0v) is 12.6. The van der Waals surface area contributed by atoms with Crippen molar-refractivity contribution in [2.24, 2.45) is 17.6 Å². The molecule has 20 heavy (non-hydrogen) atoms. The van der Waals surface area contributed by atoms with Gasteiger partial charge in [0.2, 0.25) is 5.91 Å². The number of hydrogen-bond acceptors (Lipinski definition) is 4. The van der Waals surface area contributed by atoms with Crippen LogP contribution in [0.1, 0.15) is 38.5 Å². The van der Waals surface area contributed by atoms with E-state index in [0.29, 0.717) is 31.2 Å². The molecule has 5 nitrogen and oxygen atoms in total. The Labute approximate surface area is 120 Å². The van der Waals surface area contributed by atoms with E-state index in [-0.39, 0.29) is 17.7 Å². The molecule has 1 saturated carbocycles. The molecule has 0 radical (unpaired) electrons. The fourth-order valence-electron chi connectivity index (χ4n) is 4.08. The molecule has 2 unspecified atom stereocenters. The zero-order chi connectivity index (χ0) is 14.3. The van der Waals surface area contributed by atoms with Crippen LogP contribution in [-0.2, 0) is 14.6 Å². The van der Waals surface area contributed by atoms with Crippen LogP contribution in [-0.4, -0.2) is 49.4 Å². The summed E-state index contributed by atoms with van der Waals surface area (Å²) in [5, 5.41) is -0.773. The maximum absolute atomic E-state index is 12.6. The minimum Gasteiger partial charge on any atom is -0.341 e. The molecule has 3 rings (SSSR count). The molecule has 0 bridgehead atoms. The number of fused-ring (bicyclic) bond motifs is 1. The second-order valence-corrected chi connectivity index (χ2v) is 8.99. The first-order chi connectivity index (χ1) is 9.47. The smallest absolute Gasteiger partial charge is 0.240 e. The van der Waals surface area contributed by atoms with E-state index in [2.05, 4.69) is 0 Å². The predicted molar refractivity (Wildman–Crippen MR) is 76.8 cm³/mol. The van der Waals surface area contributed by atoms with Gasteiger partial charge in [0, 0.05) is 19.1 Å². The van der Waals surface area contributed by atoms with Crippen LogP contribution in [0.3, 0.4) is 0 Å². The van der Waals surface area contributed by atoms with Crippen molar-refractivity contribution in [3.05, 3.63) is 0 Å². The molecule has 2 aliphatic heterocycles. The van der Waals surface area contributed by atoms with Crippen molar-refractivity contribution in [2.45, 2.75) is 49.8 Å². The number of amides is 1. The highest BCUT2D eigenvalue weighted by molar-refractivity contribution is 7.92. The lowest BCUT2D eigenvalue weighted by molar-refractivity contribution is -0.130. The van der Waals surface area contributed by atoms with Gasteiger partial charge in [-0.25, -0.2) is 8.42 Å². The number of carbonyl (C=O) groups excluding carboxylic acids is 1. The second kappa shape index (κ2) is 5.30. The highest BCUT2D eigenvalue weighted by atomic mass is 32.2. The van der Waals surface area contributed by atoms with Crippen LogP contribution >= 0.6 is 0 Å². The lowest BCUT2D eigenvalue weighted by atomic mass is 9.79. The van der Waals surface area contributed by atoms with E-state index >= 15 is 0 Å². The summed E-state index contributed by atoms with van der Waals surface area (Å²) in [4.78, 5) is 14.4. The molecule has 1 amide bonds. The van der Waals surface area contributed by atoms with Gasteiger partial charge in [0.25, 0.3) is 0 Å². The number of carbonyl (C=O) groups is 1. The Morgan fingerprint density at radius 3 is 2.55 bits per heavy atom. The predicted octanol–water partition coefficient (Wildman–Crippen LogP) is 0.539. The van der Waals surface area contributed by atoms with Crippen molar-refractivity contribution < 1.29 is 13.2 Å². The molecule has 0 spiro atoms. The lowest BCUT2D eigenvalue weighted by Crippen LogP contribution is -2.44. The van der Waals surface area contributed by atoms with Crippen LogP contribution < -0.4 is 5.73 Å². The van der Waals surface area contributed by atoms with Crippen LogP contribution in [0.2, 0.25) is 0 Å². The molecule has 2 heterocycles. The molecular weight excluding hydrogens is 276 g/mol. The fourth-order valence-corrected chi connectivity index (χ4v) is 5.96. The van der Waals surface area contributed by atoms with Crippen molar-refractivity contribution in [1.82, 2.24) is 4.90 Å². The quantitative estimate of drug-likeness (QED) is 0.766. The van der Waals surface area contributed by atoms with Crippen molar-refractivity contribution in [1.29, 1.82) is 0 Å². The van der Waals surface area contributed by atoms with Gasteiger partial charge in [-0.05, 0) is 43.9 Å². The average Bonchev–Trinajstić information content (AvgIpc) is 2.80. The Hall–Kier alpha value is -0.620. The van der Waals surface area contributed by atoms with Gasteiger partial charge in [0.1, 0.15) is 5.25 Å². The summed E-state index contributed by atoms with van der Waals surface area (Å²) in [6.07, 6.45) is 5.14. The maximum atomic E-state index is 12.6. The number of rotatable bonds is 1. The Morgan fingerprint density at radius 1 is 1.05 bits per heavy atom. The van der Waals surface area contributed by atoms with E-state index in [1.807, 2.05) is 0 Å². The molecule has 4 atom stereocenters. The maximum Gasteiger partial charge on any atom is 0.240 e. The van der Waals surface area contributed by atoms with Gasteiger partial charge in [0.15, 0.2) is 9.84 Å². The second-order valence-electron chi connectivity index (χ2n) is 6.69. The van der Waals surface area contributed by atoms with Crippen LogP contribution in [0.15, 0.2) is 0 Å². The number of sulfone groups is 1. The minimum atomic E-state index is -3.22. The number of nitrogens with two attached hydrogens (primary N) is 1. The summed E-state index contributed by atoms with van der Waals surface area (Å²) < 4.78 is 24.2. The van der Waals surface area contributed by atoms with E-state index in [1.54, 1.807) is 4.90 Å². The first-order valence-corrected chi connectivity index (χ1v) is 9.45. The van der Waals surface area contributed by atoms with Gasteiger partial charge in [-0.2, -0.15) is 0 Å². The van der Waals surface area contributed by atoms with Gasteiger partial charge in [0.05, 0.1) is 5.75 Å². The molecule has 0 aromatic carbocycles. The summed E-state index contributed by atoms with van der Waals surface area (Å²) in [7, 11) is -3.22. The van der Waals surface area contributed by atoms with E-state index in [4.69, 9.17) is 5.73 Å². The zero-order valence-electron chi connectivity index (χ0n) is 11.8. The number of nitrogens with zero attached hydrogens (tertiary/aromatic N) is 1. The van der Waals surface area contributed by atoms with Crippen molar-refractivity contribution >= 4 is 15.7 Å². The molecule has 0 aromatic heterocycles. The molecule has 1 aliphatic carbocycles.